The maximum absolute atomic E-state index is 12.7. The molecule has 0 bridgehead atoms. The van der Waals surface area contributed by atoms with Crippen LogP contribution in [0.4, 0.5) is 0 Å². The first-order valence-electron chi connectivity index (χ1n) is 7.71. The fraction of sp³-hybridized carbons (Fsp3) is 0.933. The molecule has 0 radical (unpaired) electrons. The molecule has 1 amide bonds. The molecule has 19 heavy (non-hydrogen) atoms. The van der Waals surface area contributed by atoms with E-state index in [4.69, 9.17) is 16.3 Å². The largest absolute Gasteiger partial charge is 0.370 e. The predicted octanol–water partition coefficient (Wildman–Crippen LogP) is 3.20. The zero-order chi connectivity index (χ0) is 13.7. The molecular weight excluding hydrogens is 262 g/mol. The Kier molecular flexibility index (Phi) is 5.96. The van der Waals surface area contributed by atoms with Crippen molar-refractivity contribution in [3.63, 3.8) is 0 Å². The molecule has 1 saturated heterocycles. The van der Waals surface area contributed by atoms with Crippen LogP contribution in [0.5, 0.6) is 0 Å². The van der Waals surface area contributed by atoms with Crippen LogP contribution in [0.1, 0.15) is 51.9 Å². The molecule has 110 valence electrons. The van der Waals surface area contributed by atoms with E-state index in [1.165, 1.54) is 32.1 Å². The molecule has 1 aliphatic heterocycles. The van der Waals surface area contributed by atoms with Crippen molar-refractivity contribution in [3.05, 3.63) is 0 Å². The maximum atomic E-state index is 12.7. The van der Waals surface area contributed by atoms with Crippen molar-refractivity contribution in [1.82, 2.24) is 4.90 Å². The van der Waals surface area contributed by atoms with Gasteiger partial charge in [-0.1, -0.05) is 32.1 Å². The van der Waals surface area contributed by atoms with Crippen LogP contribution in [0.25, 0.3) is 0 Å². The maximum Gasteiger partial charge on any atom is 0.225 e. The zero-order valence-corrected chi connectivity index (χ0v) is 12.7. The first-order valence-corrected chi connectivity index (χ1v) is 8.24. The van der Waals surface area contributed by atoms with Crippen LogP contribution in [0, 0.1) is 5.92 Å². The van der Waals surface area contributed by atoms with Gasteiger partial charge in [-0.15, -0.1) is 11.6 Å². The lowest BCUT2D eigenvalue weighted by molar-refractivity contribution is -0.147. The number of carbonyl (C=O) groups is 1. The van der Waals surface area contributed by atoms with Crippen molar-refractivity contribution in [2.45, 2.75) is 64.1 Å². The molecule has 1 aliphatic carbocycles. The summed E-state index contributed by atoms with van der Waals surface area (Å²) >= 11 is 5.89. The molecule has 0 N–H and O–H groups in total. The lowest BCUT2D eigenvalue weighted by atomic mass is 9.90. The molecule has 2 unspecified atom stereocenters. The Labute approximate surface area is 121 Å². The summed E-state index contributed by atoms with van der Waals surface area (Å²) < 4.78 is 5.72. The van der Waals surface area contributed by atoms with Crippen LogP contribution in [-0.4, -0.2) is 42.0 Å². The number of hydrogen-bond acceptors (Lipinski definition) is 2. The Balaban J connectivity index is 1.92. The minimum absolute atomic E-state index is 0.00271. The van der Waals surface area contributed by atoms with Crippen LogP contribution in [-0.2, 0) is 9.53 Å². The highest BCUT2D eigenvalue weighted by Gasteiger charge is 2.31. The number of carbonyl (C=O) groups excluding carboxylic acids is 1. The van der Waals surface area contributed by atoms with Gasteiger partial charge in [0.2, 0.25) is 5.91 Å². The SMILES string of the molecule is CC1CN(C(=O)C2CCCCCCC2)CC(CCl)O1. The second-order valence-corrected chi connectivity index (χ2v) is 6.32. The van der Waals surface area contributed by atoms with E-state index >= 15 is 0 Å². The van der Waals surface area contributed by atoms with Gasteiger partial charge in [0.25, 0.3) is 0 Å². The molecule has 0 aromatic carbocycles. The molecular formula is C15H26ClNO2. The molecule has 2 aliphatic rings. The van der Waals surface area contributed by atoms with E-state index in [-0.39, 0.29) is 18.1 Å². The van der Waals surface area contributed by atoms with Crippen LogP contribution in [0.3, 0.4) is 0 Å². The minimum Gasteiger partial charge on any atom is -0.370 e. The van der Waals surface area contributed by atoms with Crippen molar-refractivity contribution in [2.24, 2.45) is 5.92 Å². The second kappa shape index (κ2) is 7.49. The number of halogens is 1. The Morgan fingerprint density at radius 2 is 1.79 bits per heavy atom. The summed E-state index contributed by atoms with van der Waals surface area (Å²) in [4.78, 5) is 14.6. The molecule has 1 saturated carbocycles. The average Bonchev–Trinajstić information content (AvgIpc) is 2.37. The van der Waals surface area contributed by atoms with Gasteiger partial charge in [-0.05, 0) is 19.8 Å². The van der Waals surface area contributed by atoms with E-state index < -0.39 is 0 Å². The standard InChI is InChI=1S/C15H26ClNO2/c1-12-10-17(11-14(9-16)19-12)15(18)13-7-5-3-2-4-6-8-13/h12-14H,2-11H2,1H3. The van der Waals surface area contributed by atoms with Crippen LogP contribution in [0.2, 0.25) is 0 Å². The summed E-state index contributed by atoms with van der Waals surface area (Å²) in [6.07, 6.45) is 8.56. The number of nitrogens with zero attached hydrogens (tertiary/aromatic N) is 1. The number of rotatable bonds is 2. The third kappa shape index (κ3) is 4.35. The van der Waals surface area contributed by atoms with E-state index in [9.17, 15) is 4.79 Å². The van der Waals surface area contributed by atoms with E-state index in [0.717, 1.165) is 19.4 Å². The van der Waals surface area contributed by atoms with Gasteiger partial charge in [0.15, 0.2) is 0 Å². The van der Waals surface area contributed by atoms with E-state index in [0.29, 0.717) is 18.3 Å². The molecule has 4 heteroatoms. The quantitative estimate of drug-likeness (QED) is 0.730. The molecule has 2 fully saturated rings. The molecule has 0 aromatic heterocycles. The zero-order valence-electron chi connectivity index (χ0n) is 11.9. The number of alkyl halides is 1. The summed E-state index contributed by atoms with van der Waals surface area (Å²) in [7, 11) is 0. The molecule has 2 rings (SSSR count). The first-order chi connectivity index (χ1) is 9.20. The Hall–Kier alpha value is -0.280. The second-order valence-electron chi connectivity index (χ2n) is 6.01. The van der Waals surface area contributed by atoms with Crippen LogP contribution in [0.15, 0.2) is 0 Å². The summed E-state index contributed by atoms with van der Waals surface area (Å²) in [5.41, 5.74) is 0. The normalized spacial score (nSPS) is 30.7. The van der Waals surface area contributed by atoms with Crippen molar-refractivity contribution in [1.29, 1.82) is 0 Å². The van der Waals surface area contributed by atoms with E-state index in [2.05, 4.69) is 0 Å². The van der Waals surface area contributed by atoms with Gasteiger partial charge < -0.3 is 9.64 Å². The van der Waals surface area contributed by atoms with Gasteiger partial charge >= 0.3 is 0 Å². The van der Waals surface area contributed by atoms with Gasteiger partial charge in [0.1, 0.15) is 0 Å². The molecule has 0 aromatic rings. The van der Waals surface area contributed by atoms with Crippen molar-refractivity contribution in [2.75, 3.05) is 19.0 Å². The lowest BCUT2D eigenvalue weighted by Crippen LogP contribution is -2.51. The number of amides is 1. The first kappa shape index (κ1) is 15.1. The van der Waals surface area contributed by atoms with E-state index in [1.807, 2.05) is 11.8 Å². The molecule has 3 nitrogen and oxygen atoms in total. The van der Waals surface area contributed by atoms with Gasteiger partial charge in [0, 0.05) is 19.0 Å². The van der Waals surface area contributed by atoms with Crippen molar-refractivity contribution < 1.29 is 9.53 Å². The highest BCUT2D eigenvalue weighted by atomic mass is 35.5. The fourth-order valence-electron chi connectivity index (χ4n) is 3.27. The number of morpholine rings is 1. The monoisotopic (exact) mass is 287 g/mol. The Morgan fingerprint density at radius 3 is 2.42 bits per heavy atom. The Bertz CT molecular complexity index is 290. The smallest absolute Gasteiger partial charge is 0.225 e. The van der Waals surface area contributed by atoms with Crippen LogP contribution >= 0.6 is 11.6 Å². The third-order valence-corrected chi connectivity index (χ3v) is 4.61. The topological polar surface area (TPSA) is 29.5 Å². The molecule has 1 heterocycles. The third-order valence-electron chi connectivity index (χ3n) is 4.26. The highest BCUT2D eigenvalue weighted by Crippen LogP contribution is 2.25. The van der Waals surface area contributed by atoms with Crippen molar-refractivity contribution >= 4 is 17.5 Å². The lowest BCUT2D eigenvalue weighted by Gasteiger charge is -2.38. The number of ether oxygens (including phenoxy) is 1. The van der Waals surface area contributed by atoms with Gasteiger partial charge in [-0.3, -0.25) is 4.79 Å². The summed E-state index contributed by atoms with van der Waals surface area (Å²) in [5.74, 6) is 1.05. The number of hydrogen-bond donors (Lipinski definition) is 0. The highest BCUT2D eigenvalue weighted by molar-refractivity contribution is 6.18. The summed E-state index contributed by atoms with van der Waals surface area (Å²) in [5, 5.41) is 0. The molecule has 0 spiro atoms. The van der Waals surface area contributed by atoms with Gasteiger partial charge in [-0.25, -0.2) is 0 Å². The average molecular weight is 288 g/mol. The Morgan fingerprint density at radius 1 is 1.16 bits per heavy atom. The predicted molar refractivity (Wildman–Crippen MR) is 77.4 cm³/mol. The summed E-state index contributed by atoms with van der Waals surface area (Å²) in [6, 6.07) is 0. The minimum atomic E-state index is 0.00271. The molecule has 2 atom stereocenters. The summed E-state index contributed by atoms with van der Waals surface area (Å²) in [6.45, 7) is 3.42. The van der Waals surface area contributed by atoms with Crippen LogP contribution < -0.4 is 0 Å². The van der Waals surface area contributed by atoms with Gasteiger partial charge in [-0.2, -0.15) is 0 Å². The van der Waals surface area contributed by atoms with E-state index in [1.54, 1.807) is 0 Å². The fourth-order valence-corrected chi connectivity index (χ4v) is 3.44. The van der Waals surface area contributed by atoms with Crippen molar-refractivity contribution in [3.8, 4) is 0 Å². The van der Waals surface area contributed by atoms with Gasteiger partial charge in [0.05, 0.1) is 18.1 Å².